The Morgan fingerprint density at radius 3 is 2.50 bits per heavy atom. The number of alkyl halides is 2. The first-order chi connectivity index (χ1) is 6.68. The molecule has 3 heteroatoms. The Kier molecular flexibility index (Phi) is 2.48. The number of aryl methyl sites for hydroxylation is 1. The fraction of sp³-hybridized carbons (Fsp3) is 0.455. The van der Waals surface area contributed by atoms with Gasteiger partial charge in [-0.25, -0.2) is 13.2 Å². The highest BCUT2D eigenvalue weighted by Gasteiger charge is 2.17. The predicted molar refractivity (Wildman–Crippen MR) is 48.0 cm³/mol. The zero-order chi connectivity index (χ0) is 10.1. The van der Waals surface area contributed by atoms with Gasteiger partial charge in [-0.2, -0.15) is 0 Å². The van der Waals surface area contributed by atoms with Gasteiger partial charge in [0.05, 0.1) is 0 Å². The van der Waals surface area contributed by atoms with E-state index >= 15 is 0 Å². The second kappa shape index (κ2) is 3.64. The van der Waals surface area contributed by atoms with E-state index in [2.05, 4.69) is 0 Å². The molecule has 0 unspecified atom stereocenters. The monoisotopic (exact) mass is 200 g/mol. The Balaban J connectivity index is 2.46. The van der Waals surface area contributed by atoms with Crippen LogP contribution in [0.3, 0.4) is 0 Å². The van der Waals surface area contributed by atoms with E-state index in [4.69, 9.17) is 0 Å². The largest absolute Gasteiger partial charge is 0.263 e. The lowest BCUT2D eigenvalue weighted by Gasteiger charge is -2.17. The second-order valence-electron chi connectivity index (χ2n) is 3.65. The number of benzene rings is 1. The molecule has 0 bridgehead atoms. The summed E-state index contributed by atoms with van der Waals surface area (Å²) in [4.78, 5) is 0. The molecule has 2 rings (SSSR count). The second-order valence-corrected chi connectivity index (χ2v) is 3.65. The minimum absolute atomic E-state index is 0.192. The summed E-state index contributed by atoms with van der Waals surface area (Å²) in [6, 6.07) is 2.41. The molecule has 1 aliphatic rings. The van der Waals surface area contributed by atoms with Crippen LogP contribution in [0.1, 0.15) is 36.0 Å². The summed E-state index contributed by atoms with van der Waals surface area (Å²) in [5, 5.41) is 0. The molecule has 1 aromatic carbocycles. The molecule has 1 aliphatic carbocycles. The Hall–Kier alpha value is -0.990. The highest BCUT2D eigenvalue weighted by Crippen LogP contribution is 2.29. The van der Waals surface area contributed by atoms with Gasteiger partial charge in [0.1, 0.15) is 5.82 Å². The van der Waals surface area contributed by atoms with Crippen LogP contribution in [0.4, 0.5) is 13.2 Å². The summed E-state index contributed by atoms with van der Waals surface area (Å²) in [5.41, 5.74) is 1.22. The lowest BCUT2D eigenvalue weighted by molar-refractivity contribution is 0.150. The molecular formula is C11H11F3. The molecule has 1 aromatic rings. The summed E-state index contributed by atoms with van der Waals surface area (Å²) in [7, 11) is 0. The lowest BCUT2D eigenvalue weighted by atomic mass is 9.90. The molecule has 0 nitrogen and oxygen atoms in total. The molecule has 0 spiro atoms. The van der Waals surface area contributed by atoms with Crippen molar-refractivity contribution in [2.45, 2.75) is 32.1 Å². The fourth-order valence-corrected chi connectivity index (χ4v) is 1.96. The van der Waals surface area contributed by atoms with E-state index in [0.717, 1.165) is 30.9 Å². The quantitative estimate of drug-likeness (QED) is 0.649. The van der Waals surface area contributed by atoms with Gasteiger partial charge in [-0.3, -0.25) is 0 Å². The van der Waals surface area contributed by atoms with Gasteiger partial charge in [-0.05, 0) is 48.9 Å². The van der Waals surface area contributed by atoms with Crippen LogP contribution in [0.5, 0.6) is 0 Å². The van der Waals surface area contributed by atoms with Crippen LogP contribution >= 0.6 is 0 Å². The SMILES string of the molecule is Fc1cc(C(F)F)cc2c1CCCC2. The van der Waals surface area contributed by atoms with Crippen molar-refractivity contribution in [3.05, 3.63) is 34.6 Å². The maximum Gasteiger partial charge on any atom is 0.263 e. The first kappa shape index (κ1) is 9.56. The van der Waals surface area contributed by atoms with Gasteiger partial charge in [0.2, 0.25) is 0 Å². The van der Waals surface area contributed by atoms with Gasteiger partial charge in [-0.1, -0.05) is 0 Å². The predicted octanol–water partition coefficient (Wildman–Crippen LogP) is 3.64. The van der Waals surface area contributed by atoms with Crippen molar-refractivity contribution in [3.8, 4) is 0 Å². The van der Waals surface area contributed by atoms with Gasteiger partial charge in [-0.15, -0.1) is 0 Å². The first-order valence-electron chi connectivity index (χ1n) is 4.78. The van der Waals surface area contributed by atoms with Gasteiger partial charge in [0, 0.05) is 5.56 Å². The van der Waals surface area contributed by atoms with Crippen molar-refractivity contribution in [1.82, 2.24) is 0 Å². The zero-order valence-corrected chi connectivity index (χ0v) is 7.69. The lowest BCUT2D eigenvalue weighted by Crippen LogP contribution is -2.06. The minimum Gasteiger partial charge on any atom is -0.207 e. The van der Waals surface area contributed by atoms with E-state index < -0.39 is 12.2 Å². The molecule has 0 heterocycles. The highest BCUT2D eigenvalue weighted by atomic mass is 19.3. The number of hydrogen-bond donors (Lipinski definition) is 0. The summed E-state index contributed by atoms with van der Waals surface area (Å²) < 4.78 is 38.1. The number of fused-ring (bicyclic) bond motifs is 1. The topological polar surface area (TPSA) is 0 Å². The van der Waals surface area contributed by atoms with Crippen LogP contribution in [0.2, 0.25) is 0 Å². The van der Waals surface area contributed by atoms with E-state index in [1.165, 1.54) is 6.07 Å². The smallest absolute Gasteiger partial charge is 0.207 e. The fourth-order valence-electron chi connectivity index (χ4n) is 1.96. The molecule has 76 valence electrons. The number of rotatable bonds is 1. The number of hydrogen-bond acceptors (Lipinski definition) is 0. The van der Waals surface area contributed by atoms with Gasteiger partial charge < -0.3 is 0 Å². The normalized spacial score (nSPS) is 15.7. The van der Waals surface area contributed by atoms with Crippen LogP contribution in [0.15, 0.2) is 12.1 Å². The summed E-state index contributed by atoms with van der Waals surface area (Å²) in [5.74, 6) is -0.461. The van der Waals surface area contributed by atoms with Crippen molar-refractivity contribution >= 4 is 0 Å². The third kappa shape index (κ3) is 1.63. The molecule has 0 N–H and O–H groups in total. The maximum atomic E-state index is 13.4. The maximum absolute atomic E-state index is 13.4. The molecule has 0 aromatic heterocycles. The molecule has 0 saturated carbocycles. The molecule has 0 amide bonds. The Morgan fingerprint density at radius 2 is 1.79 bits per heavy atom. The molecule has 0 atom stereocenters. The van der Waals surface area contributed by atoms with E-state index in [-0.39, 0.29) is 5.56 Å². The van der Waals surface area contributed by atoms with Crippen LogP contribution in [-0.4, -0.2) is 0 Å². The Morgan fingerprint density at radius 1 is 1.07 bits per heavy atom. The summed E-state index contributed by atoms with van der Waals surface area (Å²) in [6.45, 7) is 0. The Labute approximate surface area is 80.7 Å². The molecule has 0 aliphatic heterocycles. The van der Waals surface area contributed by atoms with Crippen LogP contribution in [-0.2, 0) is 12.8 Å². The van der Waals surface area contributed by atoms with E-state index in [1.54, 1.807) is 0 Å². The highest BCUT2D eigenvalue weighted by molar-refractivity contribution is 5.35. The molecule has 0 radical (unpaired) electrons. The minimum atomic E-state index is -2.57. The van der Waals surface area contributed by atoms with Crippen molar-refractivity contribution in [1.29, 1.82) is 0 Å². The van der Waals surface area contributed by atoms with E-state index in [1.807, 2.05) is 0 Å². The number of halogens is 3. The van der Waals surface area contributed by atoms with E-state index in [9.17, 15) is 13.2 Å². The van der Waals surface area contributed by atoms with Gasteiger partial charge in [0.15, 0.2) is 0 Å². The van der Waals surface area contributed by atoms with Gasteiger partial charge in [0.25, 0.3) is 6.43 Å². The Bertz CT molecular complexity index is 345. The average molecular weight is 200 g/mol. The molecule has 0 saturated heterocycles. The summed E-state index contributed by atoms with van der Waals surface area (Å²) in [6.07, 6.45) is 0.769. The van der Waals surface area contributed by atoms with Crippen LogP contribution in [0, 0.1) is 5.82 Å². The summed E-state index contributed by atoms with van der Waals surface area (Å²) >= 11 is 0. The standard InChI is InChI=1S/C11H11F3/c12-10-6-8(11(13)14)5-7-3-1-2-4-9(7)10/h5-6,11H,1-4H2. The van der Waals surface area contributed by atoms with E-state index in [0.29, 0.717) is 12.0 Å². The third-order valence-corrected chi connectivity index (χ3v) is 2.69. The molecule has 0 fully saturated rings. The van der Waals surface area contributed by atoms with Crippen molar-refractivity contribution in [3.63, 3.8) is 0 Å². The third-order valence-electron chi connectivity index (χ3n) is 2.69. The van der Waals surface area contributed by atoms with Crippen molar-refractivity contribution in [2.75, 3.05) is 0 Å². The average Bonchev–Trinajstić information content (AvgIpc) is 2.17. The van der Waals surface area contributed by atoms with Crippen molar-refractivity contribution < 1.29 is 13.2 Å². The van der Waals surface area contributed by atoms with Crippen LogP contribution < -0.4 is 0 Å². The molecule has 14 heavy (non-hydrogen) atoms. The first-order valence-corrected chi connectivity index (χ1v) is 4.78. The van der Waals surface area contributed by atoms with Crippen LogP contribution in [0.25, 0.3) is 0 Å². The van der Waals surface area contributed by atoms with Crippen molar-refractivity contribution in [2.24, 2.45) is 0 Å². The molecular weight excluding hydrogens is 189 g/mol. The zero-order valence-electron chi connectivity index (χ0n) is 7.69. The van der Waals surface area contributed by atoms with Gasteiger partial charge >= 0.3 is 0 Å².